The maximum atomic E-state index is 13.1. The first-order valence-electron chi connectivity index (χ1n) is 8.32. The molecule has 26 heavy (non-hydrogen) atoms. The number of carbonyl (C=O) groups excluding carboxylic acids is 2. The summed E-state index contributed by atoms with van der Waals surface area (Å²) < 4.78 is 44.6. The number of rotatable bonds is 5. The van der Waals surface area contributed by atoms with E-state index in [4.69, 9.17) is 4.74 Å². The first-order valence-corrected chi connectivity index (χ1v) is 8.32. The SMILES string of the molecule is CCC(=O)c1ccc(OC(=O)C2CC2c2ccccc2C(F)(F)F)cc1. The topological polar surface area (TPSA) is 43.4 Å². The largest absolute Gasteiger partial charge is 0.426 e. The average Bonchev–Trinajstić information content (AvgIpc) is 3.42. The molecular weight excluding hydrogens is 345 g/mol. The predicted octanol–water partition coefficient (Wildman–Crippen LogP) is 5.01. The van der Waals surface area contributed by atoms with Crippen molar-refractivity contribution in [1.82, 2.24) is 0 Å². The van der Waals surface area contributed by atoms with Gasteiger partial charge in [0.05, 0.1) is 11.5 Å². The molecule has 0 amide bonds. The summed E-state index contributed by atoms with van der Waals surface area (Å²) in [5.41, 5.74) is -0.0516. The molecule has 1 saturated carbocycles. The van der Waals surface area contributed by atoms with Crippen LogP contribution in [0.15, 0.2) is 48.5 Å². The van der Waals surface area contributed by atoms with Crippen LogP contribution in [0.5, 0.6) is 5.75 Å². The lowest BCUT2D eigenvalue weighted by molar-refractivity contribution is -0.139. The Morgan fingerprint density at radius 2 is 1.73 bits per heavy atom. The summed E-state index contributed by atoms with van der Waals surface area (Å²) in [5.74, 6) is -1.37. The number of carbonyl (C=O) groups is 2. The number of benzene rings is 2. The molecule has 1 aliphatic rings. The van der Waals surface area contributed by atoms with Crippen LogP contribution in [0.1, 0.15) is 47.2 Å². The van der Waals surface area contributed by atoms with Crippen molar-refractivity contribution < 1.29 is 27.5 Å². The Morgan fingerprint density at radius 3 is 2.35 bits per heavy atom. The molecule has 0 aliphatic heterocycles. The lowest BCUT2D eigenvalue weighted by atomic mass is 10.0. The Hall–Kier alpha value is -2.63. The zero-order valence-corrected chi connectivity index (χ0v) is 14.0. The molecule has 2 aromatic rings. The van der Waals surface area contributed by atoms with Gasteiger partial charge in [-0.1, -0.05) is 25.1 Å². The maximum absolute atomic E-state index is 13.1. The zero-order valence-electron chi connectivity index (χ0n) is 14.0. The highest BCUT2D eigenvalue weighted by Gasteiger charge is 2.48. The average molecular weight is 362 g/mol. The van der Waals surface area contributed by atoms with E-state index >= 15 is 0 Å². The Kier molecular flexibility index (Phi) is 4.85. The van der Waals surface area contributed by atoms with Crippen LogP contribution in [0.25, 0.3) is 0 Å². The highest BCUT2D eigenvalue weighted by molar-refractivity contribution is 5.96. The van der Waals surface area contributed by atoms with Crippen molar-refractivity contribution in [2.75, 3.05) is 0 Å². The summed E-state index contributed by atoms with van der Waals surface area (Å²) in [5, 5.41) is 0. The molecule has 2 atom stereocenters. The maximum Gasteiger partial charge on any atom is 0.416 e. The van der Waals surface area contributed by atoms with Crippen molar-refractivity contribution in [3.05, 3.63) is 65.2 Å². The Balaban J connectivity index is 1.68. The molecule has 2 aromatic carbocycles. The third-order valence-electron chi connectivity index (χ3n) is 4.47. The van der Waals surface area contributed by atoms with E-state index in [0.29, 0.717) is 18.4 Å². The van der Waals surface area contributed by atoms with Gasteiger partial charge in [-0.05, 0) is 48.2 Å². The fourth-order valence-electron chi connectivity index (χ4n) is 2.98. The van der Waals surface area contributed by atoms with Gasteiger partial charge >= 0.3 is 12.1 Å². The van der Waals surface area contributed by atoms with E-state index in [1.807, 2.05) is 0 Å². The highest BCUT2D eigenvalue weighted by atomic mass is 19.4. The zero-order chi connectivity index (χ0) is 18.9. The lowest BCUT2D eigenvalue weighted by Gasteiger charge is -2.12. The van der Waals surface area contributed by atoms with Gasteiger partial charge in [0.1, 0.15) is 5.75 Å². The van der Waals surface area contributed by atoms with E-state index in [0.717, 1.165) is 6.07 Å². The first kappa shape index (κ1) is 18.2. The molecule has 0 bridgehead atoms. The summed E-state index contributed by atoms with van der Waals surface area (Å²) in [7, 11) is 0. The molecule has 0 radical (unpaired) electrons. The van der Waals surface area contributed by atoms with Crippen LogP contribution in [0.3, 0.4) is 0 Å². The molecule has 0 saturated heterocycles. The van der Waals surface area contributed by atoms with E-state index < -0.39 is 29.5 Å². The second kappa shape index (κ2) is 6.94. The van der Waals surface area contributed by atoms with Gasteiger partial charge in [0.15, 0.2) is 5.78 Å². The summed E-state index contributed by atoms with van der Waals surface area (Å²) in [6, 6.07) is 11.5. The molecule has 3 rings (SSSR count). The van der Waals surface area contributed by atoms with Crippen LogP contribution in [-0.2, 0) is 11.0 Å². The lowest BCUT2D eigenvalue weighted by Crippen LogP contribution is -2.13. The van der Waals surface area contributed by atoms with Gasteiger partial charge in [0.25, 0.3) is 0 Å². The number of Topliss-reactive ketones (excluding diaryl/α,β-unsaturated/α-hetero) is 1. The molecule has 136 valence electrons. The van der Waals surface area contributed by atoms with Crippen molar-refractivity contribution in [2.45, 2.75) is 31.9 Å². The molecular formula is C20H17F3O3. The monoisotopic (exact) mass is 362 g/mol. The number of halogens is 3. The van der Waals surface area contributed by atoms with E-state index in [-0.39, 0.29) is 17.1 Å². The smallest absolute Gasteiger partial charge is 0.416 e. The molecule has 0 N–H and O–H groups in total. The number of ketones is 1. The number of alkyl halides is 3. The normalized spacial score (nSPS) is 19.1. The van der Waals surface area contributed by atoms with E-state index in [9.17, 15) is 22.8 Å². The highest BCUT2D eigenvalue weighted by Crippen LogP contribution is 2.51. The van der Waals surface area contributed by atoms with Crippen LogP contribution in [0.4, 0.5) is 13.2 Å². The van der Waals surface area contributed by atoms with Crippen molar-refractivity contribution in [2.24, 2.45) is 5.92 Å². The molecule has 6 heteroatoms. The molecule has 1 fully saturated rings. The third kappa shape index (κ3) is 3.79. The Morgan fingerprint density at radius 1 is 1.08 bits per heavy atom. The molecule has 2 unspecified atom stereocenters. The van der Waals surface area contributed by atoms with Crippen LogP contribution in [0, 0.1) is 5.92 Å². The van der Waals surface area contributed by atoms with Gasteiger partial charge in [-0.25, -0.2) is 0 Å². The molecule has 0 heterocycles. The predicted molar refractivity (Wildman–Crippen MR) is 89.0 cm³/mol. The minimum absolute atomic E-state index is 0.0195. The van der Waals surface area contributed by atoms with Gasteiger partial charge in [0, 0.05) is 12.0 Å². The van der Waals surface area contributed by atoms with Gasteiger partial charge in [0.2, 0.25) is 0 Å². The van der Waals surface area contributed by atoms with E-state index in [2.05, 4.69) is 0 Å². The van der Waals surface area contributed by atoms with Gasteiger partial charge in [-0.3, -0.25) is 9.59 Å². The summed E-state index contributed by atoms with van der Waals surface area (Å²) in [4.78, 5) is 23.8. The van der Waals surface area contributed by atoms with Crippen LogP contribution in [-0.4, -0.2) is 11.8 Å². The van der Waals surface area contributed by atoms with Gasteiger partial charge in [-0.15, -0.1) is 0 Å². The quantitative estimate of drug-likeness (QED) is 0.427. The minimum Gasteiger partial charge on any atom is -0.426 e. The van der Waals surface area contributed by atoms with Crippen LogP contribution < -0.4 is 4.74 Å². The third-order valence-corrected chi connectivity index (χ3v) is 4.47. The fourth-order valence-corrected chi connectivity index (χ4v) is 2.98. The van der Waals surface area contributed by atoms with Gasteiger partial charge < -0.3 is 4.74 Å². The number of hydrogen-bond donors (Lipinski definition) is 0. The van der Waals surface area contributed by atoms with Crippen molar-refractivity contribution in [3.8, 4) is 5.75 Å². The molecule has 0 spiro atoms. The van der Waals surface area contributed by atoms with Crippen molar-refractivity contribution in [1.29, 1.82) is 0 Å². The van der Waals surface area contributed by atoms with Crippen LogP contribution in [0.2, 0.25) is 0 Å². The second-order valence-corrected chi connectivity index (χ2v) is 6.26. The summed E-state index contributed by atoms with van der Waals surface area (Å²) in [6.45, 7) is 1.75. The fraction of sp³-hybridized carbons (Fsp3) is 0.300. The summed E-state index contributed by atoms with van der Waals surface area (Å²) in [6.07, 6.45) is -3.74. The molecule has 0 aromatic heterocycles. The standard InChI is InChI=1S/C20H17F3O3/c1-2-18(24)12-7-9-13(10-8-12)26-19(25)16-11-15(16)14-5-3-4-6-17(14)20(21,22)23/h3-10,15-16H,2,11H2,1H3. The Labute approximate surface area is 148 Å². The molecule has 1 aliphatic carbocycles. The van der Waals surface area contributed by atoms with E-state index in [1.165, 1.54) is 30.3 Å². The summed E-state index contributed by atoms with van der Waals surface area (Å²) >= 11 is 0. The van der Waals surface area contributed by atoms with Crippen LogP contribution >= 0.6 is 0 Å². The number of hydrogen-bond acceptors (Lipinski definition) is 3. The second-order valence-electron chi connectivity index (χ2n) is 6.26. The Bertz CT molecular complexity index is 825. The minimum atomic E-state index is -4.45. The van der Waals surface area contributed by atoms with Crippen molar-refractivity contribution >= 4 is 11.8 Å². The van der Waals surface area contributed by atoms with Gasteiger partial charge in [-0.2, -0.15) is 13.2 Å². The molecule has 3 nitrogen and oxygen atoms in total. The first-order chi connectivity index (χ1) is 12.3. The van der Waals surface area contributed by atoms with Crippen molar-refractivity contribution in [3.63, 3.8) is 0 Å². The number of ether oxygens (including phenoxy) is 1. The number of esters is 1. The van der Waals surface area contributed by atoms with E-state index in [1.54, 1.807) is 19.1 Å².